The van der Waals surface area contributed by atoms with E-state index in [2.05, 4.69) is 24.7 Å². The zero-order chi connectivity index (χ0) is 20.5. The van der Waals surface area contributed by atoms with Gasteiger partial charge >= 0.3 is 0 Å². The third-order valence-electron chi connectivity index (χ3n) is 4.00. The smallest absolute Gasteiger partial charge is 0.269 e. The number of amides is 2. The van der Waals surface area contributed by atoms with Crippen LogP contribution in [0.3, 0.4) is 0 Å². The number of nitrogens with one attached hydrogen (secondary N) is 2. The summed E-state index contributed by atoms with van der Waals surface area (Å²) in [4.78, 5) is 24.5. The molecule has 7 heteroatoms. The van der Waals surface area contributed by atoms with Gasteiger partial charge < -0.3 is 14.2 Å². The lowest BCUT2D eigenvalue weighted by Crippen LogP contribution is -2.41. The highest BCUT2D eigenvalue weighted by molar-refractivity contribution is 5.99. The number of hydrogen-bond donors (Lipinski definition) is 2. The fourth-order valence-corrected chi connectivity index (χ4v) is 2.35. The van der Waals surface area contributed by atoms with Gasteiger partial charge in [-0.1, -0.05) is 19.9 Å². The summed E-state index contributed by atoms with van der Waals surface area (Å²) in [6, 6.07) is 11.5. The van der Waals surface area contributed by atoms with Crippen LogP contribution in [-0.2, 0) is 0 Å². The largest absolute Gasteiger partial charge is 0.497 e. The summed E-state index contributed by atoms with van der Waals surface area (Å²) < 4.78 is 16.1. The van der Waals surface area contributed by atoms with Gasteiger partial charge in [0.1, 0.15) is 5.75 Å². The van der Waals surface area contributed by atoms with E-state index in [-0.39, 0.29) is 0 Å². The molecule has 0 bridgehead atoms. The first-order valence-electron chi connectivity index (χ1n) is 9.00. The Morgan fingerprint density at radius 3 is 2.18 bits per heavy atom. The van der Waals surface area contributed by atoms with E-state index in [1.54, 1.807) is 42.5 Å². The van der Waals surface area contributed by atoms with E-state index in [0.29, 0.717) is 40.9 Å². The summed E-state index contributed by atoms with van der Waals surface area (Å²) in [6.07, 6.45) is 0.918. The van der Waals surface area contributed by atoms with E-state index in [4.69, 9.17) is 14.2 Å². The molecule has 0 saturated carbocycles. The second kappa shape index (κ2) is 10.2. The van der Waals surface area contributed by atoms with E-state index in [0.717, 1.165) is 6.42 Å². The van der Waals surface area contributed by atoms with Gasteiger partial charge in [0.2, 0.25) is 0 Å². The molecule has 2 N–H and O–H groups in total. The Labute approximate surface area is 165 Å². The molecule has 150 valence electrons. The molecule has 0 aliphatic rings. The van der Waals surface area contributed by atoms with Crippen LogP contribution in [-0.4, -0.2) is 32.6 Å². The fraction of sp³-hybridized carbons (Fsp3) is 0.333. The number of ether oxygens (including phenoxy) is 3. The number of benzene rings is 2. The highest BCUT2D eigenvalue weighted by Crippen LogP contribution is 2.28. The first-order valence-corrected chi connectivity index (χ1v) is 9.00. The van der Waals surface area contributed by atoms with Crippen molar-refractivity contribution in [2.45, 2.75) is 20.3 Å². The van der Waals surface area contributed by atoms with Crippen LogP contribution in [0, 0.1) is 5.92 Å². The van der Waals surface area contributed by atoms with Crippen LogP contribution in [0.25, 0.3) is 0 Å². The van der Waals surface area contributed by atoms with Crippen LogP contribution in [0.1, 0.15) is 41.0 Å². The molecule has 7 nitrogen and oxygen atoms in total. The Bertz CT molecular complexity index is 820. The maximum atomic E-state index is 12.3. The Hall–Kier alpha value is -3.22. The van der Waals surface area contributed by atoms with Crippen molar-refractivity contribution in [2.75, 3.05) is 20.8 Å². The van der Waals surface area contributed by atoms with Crippen molar-refractivity contribution in [3.8, 4) is 17.2 Å². The van der Waals surface area contributed by atoms with Gasteiger partial charge in [0.25, 0.3) is 11.8 Å². The van der Waals surface area contributed by atoms with Gasteiger partial charge in [-0.3, -0.25) is 20.4 Å². The van der Waals surface area contributed by atoms with E-state index >= 15 is 0 Å². The Morgan fingerprint density at radius 2 is 1.57 bits per heavy atom. The lowest BCUT2D eigenvalue weighted by molar-refractivity contribution is 0.0846. The highest BCUT2D eigenvalue weighted by atomic mass is 16.5. The second-order valence-corrected chi connectivity index (χ2v) is 6.54. The summed E-state index contributed by atoms with van der Waals surface area (Å²) in [7, 11) is 3.03. The van der Waals surface area contributed by atoms with Crippen molar-refractivity contribution in [3.05, 3.63) is 53.6 Å². The average molecular weight is 386 g/mol. The highest BCUT2D eigenvalue weighted by Gasteiger charge is 2.13. The predicted octanol–water partition coefficient (Wildman–Crippen LogP) is 3.20. The van der Waals surface area contributed by atoms with Crippen LogP contribution in [0.5, 0.6) is 17.2 Å². The first-order chi connectivity index (χ1) is 13.4. The maximum Gasteiger partial charge on any atom is 0.269 e. The molecule has 28 heavy (non-hydrogen) atoms. The van der Waals surface area contributed by atoms with Gasteiger partial charge in [-0.25, -0.2) is 0 Å². The summed E-state index contributed by atoms with van der Waals surface area (Å²) in [5, 5.41) is 0. The van der Waals surface area contributed by atoms with Crippen LogP contribution in [0.4, 0.5) is 0 Å². The summed E-state index contributed by atoms with van der Waals surface area (Å²) >= 11 is 0. The molecule has 2 rings (SSSR count). The van der Waals surface area contributed by atoms with E-state index < -0.39 is 11.8 Å². The van der Waals surface area contributed by atoms with E-state index in [1.807, 2.05) is 0 Å². The van der Waals surface area contributed by atoms with Crippen molar-refractivity contribution in [3.63, 3.8) is 0 Å². The molecule has 0 spiro atoms. The SMILES string of the molecule is COc1cccc(C(=O)NNC(=O)c2ccc(OCCC(C)C)c(OC)c2)c1. The number of hydrazine groups is 1. The average Bonchev–Trinajstić information content (AvgIpc) is 2.71. The Kier molecular flexibility index (Phi) is 7.68. The number of carbonyl (C=O) groups is 2. The minimum Gasteiger partial charge on any atom is -0.497 e. The minimum absolute atomic E-state index is 0.332. The molecular formula is C21H26N2O5. The minimum atomic E-state index is -0.469. The third kappa shape index (κ3) is 5.90. The number of hydrogen-bond acceptors (Lipinski definition) is 5. The lowest BCUT2D eigenvalue weighted by atomic mass is 10.1. The molecule has 0 heterocycles. The van der Waals surface area contributed by atoms with Gasteiger partial charge in [-0.15, -0.1) is 0 Å². The fourth-order valence-electron chi connectivity index (χ4n) is 2.35. The van der Waals surface area contributed by atoms with E-state index in [1.165, 1.54) is 14.2 Å². The number of methoxy groups -OCH3 is 2. The second-order valence-electron chi connectivity index (χ2n) is 6.54. The molecular weight excluding hydrogens is 360 g/mol. The Morgan fingerprint density at radius 1 is 0.893 bits per heavy atom. The van der Waals surface area contributed by atoms with Crippen molar-refractivity contribution >= 4 is 11.8 Å². The Balaban J connectivity index is 1.98. The normalized spacial score (nSPS) is 10.3. The molecule has 0 fully saturated rings. The van der Waals surface area contributed by atoms with Crippen molar-refractivity contribution in [1.82, 2.24) is 10.9 Å². The van der Waals surface area contributed by atoms with Crippen molar-refractivity contribution in [1.29, 1.82) is 0 Å². The monoisotopic (exact) mass is 386 g/mol. The molecule has 2 amide bonds. The van der Waals surface area contributed by atoms with Gasteiger partial charge in [-0.05, 0) is 48.7 Å². The standard InChI is InChI=1S/C21H26N2O5/c1-14(2)10-11-28-18-9-8-16(13-19(18)27-4)21(25)23-22-20(24)15-6-5-7-17(12-15)26-3/h5-9,12-14H,10-11H2,1-4H3,(H,22,24)(H,23,25). The molecule has 0 saturated heterocycles. The van der Waals surface area contributed by atoms with Crippen LogP contribution >= 0.6 is 0 Å². The third-order valence-corrected chi connectivity index (χ3v) is 4.00. The number of carbonyl (C=O) groups excluding carboxylic acids is 2. The van der Waals surface area contributed by atoms with E-state index in [9.17, 15) is 9.59 Å². The quantitative estimate of drug-likeness (QED) is 0.681. The van der Waals surface area contributed by atoms with Crippen molar-refractivity contribution in [2.24, 2.45) is 5.92 Å². The summed E-state index contributed by atoms with van der Waals surface area (Å²) in [6.45, 7) is 4.80. The zero-order valence-electron chi connectivity index (χ0n) is 16.6. The molecule has 0 aliphatic heterocycles. The van der Waals surface area contributed by atoms with Crippen LogP contribution in [0.15, 0.2) is 42.5 Å². The predicted molar refractivity (Wildman–Crippen MR) is 106 cm³/mol. The van der Waals surface area contributed by atoms with Gasteiger partial charge in [0.15, 0.2) is 11.5 Å². The molecule has 2 aromatic carbocycles. The molecule has 2 aromatic rings. The molecule has 0 aromatic heterocycles. The van der Waals surface area contributed by atoms with Gasteiger partial charge in [0, 0.05) is 11.1 Å². The van der Waals surface area contributed by atoms with Gasteiger partial charge in [-0.2, -0.15) is 0 Å². The lowest BCUT2D eigenvalue weighted by Gasteiger charge is -2.13. The van der Waals surface area contributed by atoms with Crippen molar-refractivity contribution < 1.29 is 23.8 Å². The van der Waals surface area contributed by atoms with Gasteiger partial charge in [0.05, 0.1) is 20.8 Å². The summed E-state index contributed by atoms with van der Waals surface area (Å²) in [5.41, 5.74) is 5.47. The zero-order valence-corrected chi connectivity index (χ0v) is 16.6. The van der Waals surface area contributed by atoms with Crippen LogP contribution < -0.4 is 25.1 Å². The molecule has 0 atom stereocenters. The molecule has 0 aliphatic carbocycles. The van der Waals surface area contributed by atoms with Crippen LogP contribution in [0.2, 0.25) is 0 Å². The number of rotatable bonds is 8. The summed E-state index contributed by atoms with van der Waals surface area (Å²) in [5.74, 6) is 1.19. The topological polar surface area (TPSA) is 85.9 Å². The molecule has 0 unspecified atom stereocenters. The maximum absolute atomic E-state index is 12.3. The molecule has 0 radical (unpaired) electrons. The first kappa shape index (κ1) is 21.1.